The molecule has 0 bridgehead atoms. The smallest absolute Gasteiger partial charge is 0.487 e. The van der Waals surface area contributed by atoms with Crippen molar-refractivity contribution < 1.29 is 19.0 Å². The highest BCUT2D eigenvalue weighted by molar-refractivity contribution is 6.34. The Morgan fingerprint density at radius 2 is 1.92 bits per heavy atom. The third-order valence-corrected chi connectivity index (χ3v) is 5.05. The molecule has 2 aromatic rings. The molecule has 1 saturated carbocycles. The number of rotatable bonds is 6. The van der Waals surface area contributed by atoms with Gasteiger partial charge in [0.1, 0.15) is 18.1 Å². The van der Waals surface area contributed by atoms with Crippen molar-refractivity contribution in [1.29, 1.82) is 0 Å². The summed E-state index contributed by atoms with van der Waals surface area (Å²) in [5, 5.41) is 1.12. The van der Waals surface area contributed by atoms with Crippen LogP contribution in [-0.2, 0) is 17.8 Å². The number of hydrogen-bond donors (Lipinski definition) is 0. The highest BCUT2D eigenvalue weighted by Crippen LogP contribution is 2.44. The van der Waals surface area contributed by atoms with Crippen LogP contribution in [0.4, 0.5) is 4.79 Å². The van der Waals surface area contributed by atoms with Gasteiger partial charge < -0.3 is 14.2 Å². The van der Waals surface area contributed by atoms with Crippen molar-refractivity contribution in [2.45, 2.75) is 38.7 Å². The molecule has 1 aliphatic rings. The Morgan fingerprint density at radius 3 is 2.58 bits per heavy atom. The van der Waals surface area contributed by atoms with Crippen LogP contribution in [-0.4, -0.2) is 13.3 Å². The molecule has 0 radical (unpaired) electrons. The van der Waals surface area contributed by atoms with Crippen LogP contribution in [0.25, 0.3) is 0 Å². The largest absolute Gasteiger partial charge is 0.513 e. The number of hydrogen-bond acceptors (Lipinski definition) is 4. The van der Waals surface area contributed by atoms with Gasteiger partial charge in [0.25, 0.3) is 0 Å². The molecule has 4 nitrogen and oxygen atoms in total. The first-order valence-electron chi connectivity index (χ1n) is 8.51. The number of aryl methyl sites for hydroxylation is 1. The van der Waals surface area contributed by atoms with Crippen LogP contribution >= 0.6 is 23.2 Å². The number of benzene rings is 2. The van der Waals surface area contributed by atoms with Crippen molar-refractivity contribution in [3.63, 3.8) is 0 Å². The molecule has 0 atom stereocenters. The Morgan fingerprint density at radius 1 is 1.15 bits per heavy atom. The molecule has 2 aromatic carbocycles. The topological polar surface area (TPSA) is 44.8 Å². The van der Waals surface area contributed by atoms with E-state index < -0.39 is 6.16 Å². The van der Waals surface area contributed by atoms with Gasteiger partial charge in [-0.25, -0.2) is 4.79 Å². The summed E-state index contributed by atoms with van der Waals surface area (Å²) in [7, 11) is 1.28. The Labute approximate surface area is 163 Å². The highest BCUT2D eigenvalue weighted by atomic mass is 35.5. The summed E-state index contributed by atoms with van der Waals surface area (Å²) >= 11 is 12.6. The lowest BCUT2D eigenvalue weighted by atomic mass is 10.0. The fraction of sp³-hybridized carbons (Fsp3) is 0.350. The molecule has 1 aliphatic carbocycles. The van der Waals surface area contributed by atoms with Crippen molar-refractivity contribution in [1.82, 2.24) is 0 Å². The van der Waals surface area contributed by atoms with Crippen LogP contribution in [0.1, 0.15) is 42.4 Å². The molecule has 0 aliphatic heterocycles. The zero-order valence-electron chi connectivity index (χ0n) is 14.7. The predicted octanol–water partition coefficient (Wildman–Crippen LogP) is 6.16. The maximum atomic E-state index is 11.5. The number of methoxy groups -OCH3 is 1. The molecule has 0 amide bonds. The van der Waals surface area contributed by atoms with Gasteiger partial charge in [-0.2, -0.15) is 0 Å². The predicted molar refractivity (Wildman–Crippen MR) is 102 cm³/mol. The average molecular weight is 395 g/mol. The molecule has 0 aromatic heterocycles. The molecule has 0 unspecified atom stereocenters. The number of ether oxygens (including phenoxy) is 3. The van der Waals surface area contributed by atoms with E-state index in [2.05, 4.69) is 4.74 Å². The van der Waals surface area contributed by atoms with Gasteiger partial charge in [0, 0.05) is 16.7 Å². The summed E-state index contributed by atoms with van der Waals surface area (Å²) in [6, 6.07) is 9.18. The van der Waals surface area contributed by atoms with Crippen molar-refractivity contribution in [2.75, 3.05) is 7.11 Å². The summed E-state index contributed by atoms with van der Waals surface area (Å²) in [5.74, 6) is 1.41. The fourth-order valence-corrected chi connectivity index (χ4v) is 3.37. The molecule has 0 spiro atoms. The third-order valence-electron chi connectivity index (χ3n) is 4.40. The van der Waals surface area contributed by atoms with E-state index in [9.17, 15) is 4.79 Å². The Balaban J connectivity index is 1.87. The lowest BCUT2D eigenvalue weighted by molar-refractivity contribution is 0.120. The van der Waals surface area contributed by atoms with E-state index in [1.807, 2.05) is 25.1 Å². The van der Waals surface area contributed by atoms with Crippen molar-refractivity contribution in [3.05, 3.63) is 57.1 Å². The Kier molecular flexibility index (Phi) is 5.94. The van der Waals surface area contributed by atoms with Gasteiger partial charge in [0.05, 0.1) is 12.1 Å². The molecule has 26 heavy (non-hydrogen) atoms. The maximum absolute atomic E-state index is 11.5. The Bertz CT molecular complexity index is 816. The molecule has 138 valence electrons. The summed E-state index contributed by atoms with van der Waals surface area (Å²) in [4.78, 5) is 11.5. The van der Waals surface area contributed by atoms with E-state index >= 15 is 0 Å². The summed E-state index contributed by atoms with van der Waals surface area (Å²) in [5.41, 5.74) is 2.92. The van der Waals surface area contributed by atoms with Crippen molar-refractivity contribution in [3.8, 4) is 11.5 Å². The van der Waals surface area contributed by atoms with E-state index in [1.165, 1.54) is 7.11 Å². The quantitative estimate of drug-likeness (QED) is 0.434. The van der Waals surface area contributed by atoms with Crippen LogP contribution in [0.5, 0.6) is 11.5 Å². The van der Waals surface area contributed by atoms with E-state index in [-0.39, 0.29) is 6.61 Å². The minimum absolute atomic E-state index is 0.223. The van der Waals surface area contributed by atoms with Gasteiger partial charge in [-0.05, 0) is 48.4 Å². The maximum Gasteiger partial charge on any atom is 0.513 e. The Hall–Kier alpha value is -1.91. The molecule has 3 rings (SSSR count). The third kappa shape index (κ3) is 4.25. The minimum Gasteiger partial charge on any atom is -0.487 e. The summed E-state index contributed by atoms with van der Waals surface area (Å²) < 4.78 is 15.8. The molecular weight excluding hydrogens is 375 g/mol. The van der Waals surface area contributed by atoms with Gasteiger partial charge in [-0.3, -0.25) is 0 Å². The first-order chi connectivity index (χ1) is 12.5. The molecule has 0 N–H and O–H groups in total. The first-order valence-corrected chi connectivity index (χ1v) is 9.27. The van der Waals surface area contributed by atoms with Crippen molar-refractivity contribution in [2.24, 2.45) is 0 Å². The van der Waals surface area contributed by atoms with Gasteiger partial charge in [0.2, 0.25) is 0 Å². The SMILES string of the molecule is CCc1cc(Cl)c(OCc2c(OC(=O)OC)cccc2C2CC2)cc1Cl. The van der Waals surface area contributed by atoms with Crippen LogP contribution in [0.15, 0.2) is 30.3 Å². The minimum atomic E-state index is -0.757. The van der Waals surface area contributed by atoms with Crippen LogP contribution < -0.4 is 9.47 Å². The molecule has 1 fully saturated rings. The monoisotopic (exact) mass is 394 g/mol. The normalized spacial score (nSPS) is 13.4. The second kappa shape index (κ2) is 8.19. The van der Waals surface area contributed by atoms with Gasteiger partial charge in [-0.1, -0.05) is 42.3 Å². The standard InChI is InChI=1S/C20H20Cl2O4/c1-3-12-9-17(22)19(10-16(12)21)25-11-15-14(13-7-8-13)5-4-6-18(15)26-20(23)24-2/h4-6,9-10,13H,3,7-8,11H2,1-2H3. The first kappa shape index (κ1) is 18.9. The molecular formula is C20H20Cl2O4. The lowest BCUT2D eigenvalue weighted by Crippen LogP contribution is -2.11. The average Bonchev–Trinajstić information content (AvgIpc) is 3.47. The summed E-state index contributed by atoms with van der Waals surface area (Å²) in [6.07, 6.45) is 2.27. The molecule has 0 saturated heterocycles. The van der Waals surface area contributed by atoms with Gasteiger partial charge in [0.15, 0.2) is 0 Å². The number of halogens is 2. The van der Waals surface area contributed by atoms with E-state index in [1.54, 1.807) is 12.1 Å². The van der Waals surface area contributed by atoms with E-state index in [4.69, 9.17) is 32.7 Å². The fourth-order valence-electron chi connectivity index (χ4n) is 2.84. The van der Waals surface area contributed by atoms with E-state index in [0.29, 0.717) is 27.5 Å². The molecule has 6 heteroatoms. The zero-order chi connectivity index (χ0) is 18.7. The van der Waals surface area contributed by atoms with Crippen molar-refractivity contribution >= 4 is 29.4 Å². The second-order valence-electron chi connectivity index (χ2n) is 6.17. The highest BCUT2D eigenvalue weighted by Gasteiger charge is 2.28. The van der Waals surface area contributed by atoms with Crippen LogP contribution in [0.3, 0.4) is 0 Å². The summed E-state index contributed by atoms with van der Waals surface area (Å²) in [6.45, 7) is 2.24. The number of carbonyl (C=O) groups is 1. The van der Waals surface area contributed by atoms with Crippen LogP contribution in [0.2, 0.25) is 10.0 Å². The second-order valence-corrected chi connectivity index (χ2v) is 6.99. The lowest BCUT2D eigenvalue weighted by Gasteiger charge is -2.16. The zero-order valence-corrected chi connectivity index (χ0v) is 16.2. The molecule has 0 heterocycles. The van der Waals surface area contributed by atoms with E-state index in [0.717, 1.165) is 36.0 Å². The van der Waals surface area contributed by atoms with Gasteiger partial charge >= 0.3 is 6.16 Å². The van der Waals surface area contributed by atoms with Gasteiger partial charge in [-0.15, -0.1) is 0 Å². The number of carbonyl (C=O) groups excluding carboxylic acids is 1. The van der Waals surface area contributed by atoms with Crippen LogP contribution in [0, 0.1) is 0 Å².